The number of fused-ring (bicyclic) bond motifs is 1. The van der Waals surface area contributed by atoms with E-state index in [2.05, 4.69) is 49.7 Å². The van der Waals surface area contributed by atoms with Gasteiger partial charge in [-0.1, -0.05) is 76.6 Å². The van der Waals surface area contributed by atoms with E-state index in [9.17, 15) is 0 Å². The van der Waals surface area contributed by atoms with Gasteiger partial charge >= 0.3 is 0 Å². The van der Waals surface area contributed by atoms with E-state index in [0.717, 1.165) is 26.8 Å². The molecule has 0 unspecified atom stereocenters. The first kappa shape index (κ1) is 17.5. The standard InChI is InChI=1S/C22H19BrN4/c23-19-12-6-4-10-17(19)15-25-22-26-20-13-7-5-11-18(20)21(27-22)24-14-16-8-2-1-3-9-16/h1-13H,14-15H2,(H2,24,25,26,27). The Balaban J connectivity index is 1.59. The molecule has 0 bridgehead atoms. The van der Waals surface area contributed by atoms with Crippen LogP contribution in [0.3, 0.4) is 0 Å². The third-order valence-electron chi connectivity index (χ3n) is 4.30. The number of hydrogen-bond donors (Lipinski definition) is 2. The quantitative estimate of drug-likeness (QED) is 0.426. The lowest BCUT2D eigenvalue weighted by Crippen LogP contribution is -2.08. The zero-order valence-electron chi connectivity index (χ0n) is 14.7. The van der Waals surface area contributed by atoms with E-state index in [1.807, 2.05) is 60.7 Å². The highest BCUT2D eigenvalue weighted by molar-refractivity contribution is 9.10. The van der Waals surface area contributed by atoms with Crippen molar-refractivity contribution in [1.29, 1.82) is 0 Å². The van der Waals surface area contributed by atoms with Crippen molar-refractivity contribution in [3.8, 4) is 0 Å². The average molecular weight is 419 g/mol. The second kappa shape index (κ2) is 8.18. The molecule has 4 aromatic rings. The molecule has 134 valence electrons. The molecule has 0 saturated heterocycles. The van der Waals surface area contributed by atoms with Crippen LogP contribution in [0.4, 0.5) is 11.8 Å². The Morgan fingerprint density at radius 2 is 1.44 bits per heavy atom. The van der Waals surface area contributed by atoms with Gasteiger partial charge < -0.3 is 10.6 Å². The van der Waals surface area contributed by atoms with E-state index in [1.54, 1.807) is 0 Å². The summed E-state index contributed by atoms with van der Waals surface area (Å²) in [5, 5.41) is 7.81. The first-order valence-corrected chi connectivity index (χ1v) is 9.61. The summed E-state index contributed by atoms with van der Waals surface area (Å²) in [5.41, 5.74) is 3.29. The summed E-state index contributed by atoms with van der Waals surface area (Å²) in [4.78, 5) is 9.37. The lowest BCUT2D eigenvalue weighted by Gasteiger charge is -2.12. The maximum Gasteiger partial charge on any atom is 0.225 e. The van der Waals surface area contributed by atoms with Gasteiger partial charge in [0.05, 0.1) is 5.52 Å². The summed E-state index contributed by atoms with van der Waals surface area (Å²) in [6.45, 7) is 1.36. The summed E-state index contributed by atoms with van der Waals surface area (Å²) in [6, 6.07) is 26.5. The Morgan fingerprint density at radius 1 is 0.704 bits per heavy atom. The molecule has 4 rings (SSSR count). The summed E-state index contributed by atoms with van der Waals surface area (Å²) in [6.07, 6.45) is 0. The molecule has 0 saturated carbocycles. The van der Waals surface area contributed by atoms with E-state index in [0.29, 0.717) is 19.0 Å². The minimum Gasteiger partial charge on any atom is -0.365 e. The summed E-state index contributed by atoms with van der Waals surface area (Å²) < 4.78 is 1.07. The number of aromatic nitrogens is 2. The van der Waals surface area contributed by atoms with Crippen LogP contribution in [0, 0.1) is 0 Å². The second-order valence-electron chi connectivity index (χ2n) is 6.20. The minimum atomic E-state index is 0.611. The average Bonchev–Trinajstić information content (AvgIpc) is 2.72. The van der Waals surface area contributed by atoms with Crippen molar-refractivity contribution in [2.24, 2.45) is 0 Å². The number of hydrogen-bond acceptors (Lipinski definition) is 4. The molecule has 0 atom stereocenters. The summed E-state index contributed by atoms with van der Waals surface area (Å²) in [5.74, 6) is 1.44. The van der Waals surface area contributed by atoms with Crippen molar-refractivity contribution >= 4 is 38.6 Å². The lowest BCUT2D eigenvalue weighted by atomic mass is 10.2. The van der Waals surface area contributed by atoms with Crippen LogP contribution in [-0.4, -0.2) is 9.97 Å². The summed E-state index contributed by atoms with van der Waals surface area (Å²) in [7, 11) is 0. The highest BCUT2D eigenvalue weighted by Gasteiger charge is 2.08. The maximum atomic E-state index is 4.71. The highest BCUT2D eigenvalue weighted by atomic mass is 79.9. The largest absolute Gasteiger partial charge is 0.365 e. The van der Waals surface area contributed by atoms with Crippen LogP contribution in [0.15, 0.2) is 83.3 Å². The fraction of sp³-hybridized carbons (Fsp3) is 0.0909. The number of anilines is 2. The Hall–Kier alpha value is -2.92. The van der Waals surface area contributed by atoms with E-state index in [-0.39, 0.29) is 0 Å². The summed E-state index contributed by atoms with van der Waals surface area (Å²) >= 11 is 3.58. The first-order valence-electron chi connectivity index (χ1n) is 8.81. The van der Waals surface area contributed by atoms with Gasteiger partial charge in [0, 0.05) is 22.9 Å². The van der Waals surface area contributed by atoms with E-state index < -0.39 is 0 Å². The normalized spacial score (nSPS) is 10.7. The molecule has 0 radical (unpaired) electrons. The Kier molecular flexibility index (Phi) is 5.30. The van der Waals surface area contributed by atoms with Gasteiger partial charge in [0.2, 0.25) is 5.95 Å². The molecule has 27 heavy (non-hydrogen) atoms. The smallest absolute Gasteiger partial charge is 0.225 e. The third-order valence-corrected chi connectivity index (χ3v) is 5.07. The van der Waals surface area contributed by atoms with E-state index >= 15 is 0 Å². The number of nitrogens with one attached hydrogen (secondary N) is 2. The lowest BCUT2D eigenvalue weighted by molar-refractivity contribution is 1.05. The molecule has 0 aliphatic heterocycles. The fourth-order valence-electron chi connectivity index (χ4n) is 2.89. The van der Waals surface area contributed by atoms with Crippen molar-refractivity contribution < 1.29 is 0 Å². The molecular formula is C22H19BrN4. The molecule has 0 spiro atoms. The molecule has 2 N–H and O–H groups in total. The monoisotopic (exact) mass is 418 g/mol. The zero-order valence-corrected chi connectivity index (χ0v) is 16.3. The fourth-order valence-corrected chi connectivity index (χ4v) is 3.31. The van der Waals surface area contributed by atoms with Crippen LogP contribution < -0.4 is 10.6 Å². The molecule has 3 aromatic carbocycles. The van der Waals surface area contributed by atoms with Crippen LogP contribution in [0.25, 0.3) is 10.9 Å². The van der Waals surface area contributed by atoms with Crippen LogP contribution in [0.5, 0.6) is 0 Å². The predicted molar refractivity (Wildman–Crippen MR) is 115 cm³/mol. The van der Waals surface area contributed by atoms with Crippen molar-refractivity contribution in [2.45, 2.75) is 13.1 Å². The minimum absolute atomic E-state index is 0.611. The van der Waals surface area contributed by atoms with Gasteiger partial charge in [-0.05, 0) is 29.3 Å². The Morgan fingerprint density at radius 3 is 2.30 bits per heavy atom. The maximum absolute atomic E-state index is 4.71. The van der Waals surface area contributed by atoms with Crippen LogP contribution >= 0.6 is 15.9 Å². The topological polar surface area (TPSA) is 49.8 Å². The van der Waals surface area contributed by atoms with Crippen molar-refractivity contribution in [2.75, 3.05) is 10.6 Å². The van der Waals surface area contributed by atoms with Gasteiger partial charge in [0.25, 0.3) is 0 Å². The second-order valence-corrected chi connectivity index (χ2v) is 7.05. The SMILES string of the molecule is Brc1ccccc1CNc1nc(NCc2ccccc2)c2ccccc2n1. The predicted octanol–water partition coefficient (Wildman–Crippen LogP) is 5.62. The number of para-hydroxylation sites is 1. The van der Waals surface area contributed by atoms with Crippen LogP contribution in [0.1, 0.15) is 11.1 Å². The molecule has 5 heteroatoms. The molecule has 0 aliphatic rings. The van der Waals surface area contributed by atoms with Gasteiger partial charge in [0.1, 0.15) is 5.82 Å². The van der Waals surface area contributed by atoms with Crippen LogP contribution in [-0.2, 0) is 13.1 Å². The number of halogens is 1. The van der Waals surface area contributed by atoms with Crippen molar-refractivity contribution in [3.63, 3.8) is 0 Å². The Labute approximate surface area is 166 Å². The highest BCUT2D eigenvalue weighted by Crippen LogP contribution is 2.23. The van der Waals surface area contributed by atoms with E-state index in [1.165, 1.54) is 5.56 Å². The van der Waals surface area contributed by atoms with Gasteiger partial charge in [-0.25, -0.2) is 4.98 Å². The van der Waals surface area contributed by atoms with Gasteiger partial charge in [-0.2, -0.15) is 4.98 Å². The molecule has 1 heterocycles. The van der Waals surface area contributed by atoms with Gasteiger partial charge in [0.15, 0.2) is 0 Å². The number of benzene rings is 3. The van der Waals surface area contributed by atoms with Gasteiger partial charge in [-0.15, -0.1) is 0 Å². The van der Waals surface area contributed by atoms with Crippen LogP contribution in [0.2, 0.25) is 0 Å². The number of nitrogens with zero attached hydrogens (tertiary/aromatic N) is 2. The molecule has 0 amide bonds. The molecular weight excluding hydrogens is 400 g/mol. The zero-order chi connectivity index (χ0) is 18.5. The number of rotatable bonds is 6. The molecule has 1 aromatic heterocycles. The molecule has 0 aliphatic carbocycles. The van der Waals surface area contributed by atoms with Gasteiger partial charge in [-0.3, -0.25) is 0 Å². The first-order chi connectivity index (χ1) is 13.3. The molecule has 0 fully saturated rings. The van der Waals surface area contributed by atoms with E-state index in [4.69, 9.17) is 4.98 Å². The third kappa shape index (κ3) is 4.26. The Bertz CT molecular complexity index is 1050. The van der Waals surface area contributed by atoms with Crippen molar-refractivity contribution in [3.05, 3.63) is 94.5 Å². The molecule has 4 nitrogen and oxygen atoms in total. The van der Waals surface area contributed by atoms with Crippen molar-refractivity contribution in [1.82, 2.24) is 9.97 Å².